The Kier molecular flexibility index (Phi) is 7.96. The predicted octanol–water partition coefficient (Wildman–Crippen LogP) is 5.67. The van der Waals surface area contributed by atoms with Crippen molar-refractivity contribution in [2.24, 2.45) is 0 Å². The number of thiazole rings is 1. The van der Waals surface area contributed by atoms with Gasteiger partial charge in [-0.05, 0) is 48.7 Å². The van der Waals surface area contributed by atoms with Gasteiger partial charge in [0.05, 0.1) is 6.54 Å². The molecule has 0 saturated carbocycles. The lowest BCUT2D eigenvalue weighted by molar-refractivity contribution is 0.0934. The summed E-state index contributed by atoms with van der Waals surface area (Å²) < 4.78 is 13.3. The number of nitrogens with zero attached hydrogens (tertiary/aromatic N) is 2. The molecule has 158 valence electrons. The molecule has 0 aliphatic carbocycles. The van der Waals surface area contributed by atoms with Crippen molar-refractivity contribution in [2.45, 2.75) is 45.9 Å². The van der Waals surface area contributed by atoms with E-state index in [-0.39, 0.29) is 17.8 Å². The van der Waals surface area contributed by atoms with Crippen molar-refractivity contribution >= 4 is 28.8 Å². The average Bonchev–Trinajstić information content (AvgIpc) is 3.20. The van der Waals surface area contributed by atoms with E-state index in [0.717, 1.165) is 22.6 Å². The monoisotopic (exact) mass is 445 g/mol. The molecule has 0 radical (unpaired) electrons. The highest BCUT2D eigenvalue weighted by Gasteiger charge is 2.15. The van der Waals surface area contributed by atoms with Gasteiger partial charge in [0.1, 0.15) is 16.5 Å². The first-order valence-corrected chi connectivity index (χ1v) is 11.1. The van der Waals surface area contributed by atoms with Crippen molar-refractivity contribution in [2.75, 3.05) is 0 Å². The number of carbonyl (C=O) groups excluding carboxylic acids is 1. The Morgan fingerprint density at radius 1 is 1.10 bits per heavy atom. The van der Waals surface area contributed by atoms with Gasteiger partial charge < -0.3 is 5.32 Å². The normalized spacial score (nSPS) is 12.2. The molecule has 0 aliphatic heterocycles. The highest BCUT2D eigenvalue weighted by molar-refractivity contribution is 7.09. The summed E-state index contributed by atoms with van der Waals surface area (Å²) >= 11 is 7.48. The van der Waals surface area contributed by atoms with E-state index >= 15 is 0 Å². The van der Waals surface area contributed by atoms with Gasteiger partial charge in [0.25, 0.3) is 5.91 Å². The second kappa shape index (κ2) is 10.7. The lowest BCUT2D eigenvalue weighted by Crippen LogP contribution is -2.32. The van der Waals surface area contributed by atoms with E-state index in [0.29, 0.717) is 30.4 Å². The first-order valence-electron chi connectivity index (χ1n) is 9.89. The molecule has 2 aromatic carbocycles. The highest BCUT2D eigenvalue weighted by Crippen LogP contribution is 2.19. The molecule has 0 bridgehead atoms. The maximum Gasteiger partial charge on any atom is 0.270 e. The number of benzene rings is 2. The fourth-order valence-corrected chi connectivity index (χ4v) is 3.88. The number of amides is 1. The number of aromatic nitrogens is 1. The van der Waals surface area contributed by atoms with E-state index in [2.05, 4.69) is 15.2 Å². The zero-order valence-electron chi connectivity index (χ0n) is 17.1. The van der Waals surface area contributed by atoms with Crippen LogP contribution in [0.1, 0.15) is 46.9 Å². The zero-order valence-corrected chi connectivity index (χ0v) is 18.6. The first kappa shape index (κ1) is 22.4. The Balaban J connectivity index is 1.73. The van der Waals surface area contributed by atoms with Crippen LogP contribution in [0.15, 0.2) is 53.9 Å². The van der Waals surface area contributed by atoms with E-state index in [1.165, 1.54) is 23.5 Å². The van der Waals surface area contributed by atoms with Crippen LogP contribution < -0.4 is 5.32 Å². The summed E-state index contributed by atoms with van der Waals surface area (Å²) in [5.74, 6) is -0.394. The minimum absolute atomic E-state index is 0.113. The fraction of sp³-hybridized carbons (Fsp3) is 0.304. The topological polar surface area (TPSA) is 45.2 Å². The molecule has 30 heavy (non-hydrogen) atoms. The predicted molar refractivity (Wildman–Crippen MR) is 120 cm³/mol. The Morgan fingerprint density at radius 2 is 1.70 bits per heavy atom. The maximum atomic E-state index is 13.3. The molecule has 1 atom stereocenters. The standard InChI is InChI=1S/C23H25ClFN3OS/c1-3-16(2)26-23(29)21-15-30-22(27-21)14-28(12-17-4-8-19(24)9-5-17)13-18-6-10-20(25)11-7-18/h4-11,15-16H,3,12-14H2,1-2H3,(H,26,29). The van der Waals surface area contributed by atoms with E-state index < -0.39 is 0 Å². The quantitative estimate of drug-likeness (QED) is 0.461. The van der Waals surface area contributed by atoms with Crippen LogP contribution in [0, 0.1) is 5.82 Å². The minimum Gasteiger partial charge on any atom is -0.348 e. The van der Waals surface area contributed by atoms with Gasteiger partial charge in [-0.15, -0.1) is 11.3 Å². The molecule has 0 fully saturated rings. The van der Waals surface area contributed by atoms with Crippen LogP contribution in [0.25, 0.3) is 0 Å². The van der Waals surface area contributed by atoms with Gasteiger partial charge >= 0.3 is 0 Å². The average molecular weight is 446 g/mol. The third-order valence-electron chi connectivity index (χ3n) is 4.77. The van der Waals surface area contributed by atoms with Crippen molar-refractivity contribution in [3.63, 3.8) is 0 Å². The highest BCUT2D eigenvalue weighted by atomic mass is 35.5. The largest absolute Gasteiger partial charge is 0.348 e. The summed E-state index contributed by atoms with van der Waals surface area (Å²) in [6, 6.07) is 14.4. The van der Waals surface area contributed by atoms with E-state index in [1.54, 1.807) is 17.5 Å². The molecule has 1 unspecified atom stereocenters. The Bertz CT molecular complexity index is 912. The number of halogens is 2. The Hall–Kier alpha value is -2.28. The number of carbonyl (C=O) groups is 1. The van der Waals surface area contributed by atoms with Crippen LogP contribution in [0.4, 0.5) is 4.39 Å². The van der Waals surface area contributed by atoms with Gasteiger partial charge in [0.15, 0.2) is 0 Å². The molecule has 4 nitrogen and oxygen atoms in total. The molecule has 0 saturated heterocycles. The molecule has 0 aliphatic rings. The van der Waals surface area contributed by atoms with Gasteiger partial charge in [-0.2, -0.15) is 0 Å². The minimum atomic E-state index is -0.250. The molecular weight excluding hydrogens is 421 g/mol. The molecule has 1 N–H and O–H groups in total. The van der Waals surface area contributed by atoms with Crippen molar-refractivity contribution in [1.82, 2.24) is 15.2 Å². The second-order valence-electron chi connectivity index (χ2n) is 7.31. The lowest BCUT2D eigenvalue weighted by atomic mass is 10.1. The molecule has 1 amide bonds. The van der Waals surface area contributed by atoms with Crippen LogP contribution in [0.3, 0.4) is 0 Å². The summed E-state index contributed by atoms with van der Waals surface area (Å²) in [6.07, 6.45) is 0.870. The van der Waals surface area contributed by atoms with Crippen molar-refractivity contribution in [1.29, 1.82) is 0 Å². The molecular formula is C23H25ClFN3OS. The van der Waals surface area contributed by atoms with Crippen LogP contribution in [-0.4, -0.2) is 21.8 Å². The third-order valence-corrected chi connectivity index (χ3v) is 5.86. The van der Waals surface area contributed by atoms with Gasteiger partial charge in [0, 0.05) is 29.5 Å². The molecule has 1 aromatic heterocycles. The van der Waals surface area contributed by atoms with Crippen LogP contribution in [0.5, 0.6) is 0 Å². The van der Waals surface area contributed by atoms with Crippen LogP contribution in [-0.2, 0) is 19.6 Å². The number of hydrogen-bond donors (Lipinski definition) is 1. The molecule has 7 heteroatoms. The van der Waals surface area contributed by atoms with Gasteiger partial charge in [-0.25, -0.2) is 9.37 Å². The summed E-state index contributed by atoms with van der Waals surface area (Å²) in [7, 11) is 0. The SMILES string of the molecule is CCC(C)NC(=O)c1csc(CN(Cc2ccc(F)cc2)Cc2ccc(Cl)cc2)n1. The third kappa shape index (κ3) is 6.62. The van der Waals surface area contributed by atoms with Crippen LogP contribution >= 0.6 is 22.9 Å². The molecule has 1 heterocycles. The number of nitrogens with one attached hydrogen (secondary N) is 1. The summed E-state index contributed by atoms with van der Waals surface area (Å²) in [5.41, 5.74) is 2.58. The Morgan fingerprint density at radius 3 is 2.30 bits per heavy atom. The smallest absolute Gasteiger partial charge is 0.270 e. The van der Waals surface area contributed by atoms with E-state index in [4.69, 9.17) is 11.6 Å². The molecule has 3 rings (SSSR count). The zero-order chi connectivity index (χ0) is 21.5. The van der Waals surface area contributed by atoms with E-state index in [9.17, 15) is 9.18 Å². The van der Waals surface area contributed by atoms with Gasteiger partial charge in [-0.3, -0.25) is 9.69 Å². The summed E-state index contributed by atoms with van der Waals surface area (Å²) in [4.78, 5) is 19.1. The summed E-state index contributed by atoms with van der Waals surface area (Å²) in [6.45, 7) is 5.91. The maximum absolute atomic E-state index is 13.3. The lowest BCUT2D eigenvalue weighted by Gasteiger charge is -2.21. The fourth-order valence-electron chi connectivity index (χ4n) is 2.94. The second-order valence-corrected chi connectivity index (χ2v) is 8.69. The van der Waals surface area contributed by atoms with Gasteiger partial charge in [0.2, 0.25) is 0 Å². The van der Waals surface area contributed by atoms with Crippen molar-refractivity contribution in [3.8, 4) is 0 Å². The first-order chi connectivity index (χ1) is 14.4. The molecule has 3 aromatic rings. The molecule has 0 spiro atoms. The van der Waals surface area contributed by atoms with E-state index in [1.807, 2.05) is 38.1 Å². The van der Waals surface area contributed by atoms with Crippen molar-refractivity contribution in [3.05, 3.63) is 86.6 Å². The number of hydrogen-bond acceptors (Lipinski definition) is 4. The summed E-state index contributed by atoms with van der Waals surface area (Å²) in [5, 5.41) is 6.30. The Labute approximate surface area is 185 Å². The van der Waals surface area contributed by atoms with Gasteiger partial charge in [-0.1, -0.05) is 42.8 Å². The number of rotatable bonds is 9. The van der Waals surface area contributed by atoms with Crippen molar-refractivity contribution < 1.29 is 9.18 Å². The van der Waals surface area contributed by atoms with Crippen LogP contribution in [0.2, 0.25) is 5.02 Å².